The Balaban J connectivity index is 1.21. The molecule has 3 heterocycles. The monoisotopic (exact) mass is 550 g/mol. The fourth-order valence-corrected chi connectivity index (χ4v) is 5.10. The lowest BCUT2D eigenvalue weighted by Crippen LogP contribution is -2.39. The summed E-state index contributed by atoms with van der Waals surface area (Å²) in [5.41, 5.74) is 5.17. The summed E-state index contributed by atoms with van der Waals surface area (Å²) in [7, 11) is 0. The number of amides is 3. The van der Waals surface area contributed by atoms with Gasteiger partial charge >= 0.3 is 6.03 Å². The van der Waals surface area contributed by atoms with E-state index in [0.29, 0.717) is 17.4 Å². The molecule has 5 rings (SSSR count). The first-order valence-electron chi connectivity index (χ1n) is 14.2. The molecular weight excluding hydrogens is 512 g/mol. The van der Waals surface area contributed by atoms with Gasteiger partial charge in [0.2, 0.25) is 0 Å². The van der Waals surface area contributed by atoms with E-state index in [2.05, 4.69) is 42.5 Å². The van der Waals surface area contributed by atoms with Gasteiger partial charge in [-0.2, -0.15) is 5.10 Å². The number of carbonyl (C=O) groups excluding carboxylic acids is 2. The van der Waals surface area contributed by atoms with Gasteiger partial charge in [-0.3, -0.25) is 15.1 Å². The maximum atomic E-state index is 13.1. The summed E-state index contributed by atoms with van der Waals surface area (Å²) in [5.74, 6) is 1.09. The Morgan fingerprint density at radius 3 is 2.37 bits per heavy atom. The molecule has 2 N–H and O–H groups in total. The molecule has 0 aliphatic carbocycles. The number of aromatic nitrogens is 3. The van der Waals surface area contributed by atoms with Crippen LogP contribution in [0, 0.1) is 12.8 Å². The maximum absolute atomic E-state index is 13.1. The number of hydrogen-bond acceptors (Lipinski definition) is 4. The number of nitrogens with zero attached hydrogens (tertiary/aromatic N) is 4. The van der Waals surface area contributed by atoms with Gasteiger partial charge < -0.3 is 10.2 Å². The van der Waals surface area contributed by atoms with Crippen molar-refractivity contribution in [2.24, 2.45) is 5.92 Å². The zero-order valence-electron chi connectivity index (χ0n) is 24.2. The van der Waals surface area contributed by atoms with E-state index in [1.807, 2.05) is 72.5 Å². The summed E-state index contributed by atoms with van der Waals surface area (Å²) in [4.78, 5) is 31.9. The highest BCUT2D eigenvalue weighted by atomic mass is 16.2. The van der Waals surface area contributed by atoms with Crippen LogP contribution in [0.25, 0.3) is 5.69 Å². The predicted octanol–water partition coefficient (Wildman–Crippen LogP) is 6.61. The van der Waals surface area contributed by atoms with E-state index in [1.165, 1.54) is 0 Å². The molecule has 1 fully saturated rings. The topological polar surface area (TPSA) is 92.2 Å². The number of nitrogens with one attached hydrogen (secondary N) is 2. The number of piperidine rings is 1. The Labute approximate surface area is 241 Å². The number of anilines is 2. The van der Waals surface area contributed by atoms with Crippen LogP contribution in [0.4, 0.5) is 16.3 Å². The minimum Gasteiger partial charge on any atom is -0.337 e. The van der Waals surface area contributed by atoms with Gasteiger partial charge in [-0.15, -0.1) is 0 Å². The number of hydrogen-bond donors (Lipinski definition) is 2. The molecule has 0 radical (unpaired) electrons. The zero-order valence-corrected chi connectivity index (χ0v) is 24.2. The first-order valence-corrected chi connectivity index (χ1v) is 14.2. The second-order valence-corrected chi connectivity index (χ2v) is 11.8. The molecule has 2 aromatic heterocycles. The van der Waals surface area contributed by atoms with E-state index < -0.39 is 0 Å². The number of rotatable bonds is 6. The average Bonchev–Trinajstić information content (AvgIpc) is 3.38. The lowest BCUT2D eigenvalue weighted by atomic mass is 9.90. The zero-order chi connectivity index (χ0) is 29.0. The van der Waals surface area contributed by atoms with Crippen LogP contribution in [0.1, 0.15) is 60.9 Å². The highest BCUT2D eigenvalue weighted by Gasteiger charge is 2.25. The van der Waals surface area contributed by atoms with Gasteiger partial charge in [-0.05, 0) is 74.1 Å². The molecule has 0 bridgehead atoms. The van der Waals surface area contributed by atoms with Crippen molar-refractivity contribution in [1.29, 1.82) is 0 Å². The minimum absolute atomic E-state index is 0.000369. The molecule has 1 aliphatic heterocycles. The van der Waals surface area contributed by atoms with Gasteiger partial charge in [0, 0.05) is 36.5 Å². The summed E-state index contributed by atoms with van der Waals surface area (Å²) in [6.45, 7) is 9.81. The molecule has 4 aromatic rings. The van der Waals surface area contributed by atoms with Crippen LogP contribution < -0.4 is 10.6 Å². The van der Waals surface area contributed by atoms with E-state index in [9.17, 15) is 9.59 Å². The first kappa shape index (κ1) is 28.1. The molecule has 8 nitrogen and oxygen atoms in total. The van der Waals surface area contributed by atoms with Crippen molar-refractivity contribution in [2.45, 2.75) is 52.4 Å². The Hall–Kier alpha value is -4.46. The fraction of sp³-hybridized carbons (Fsp3) is 0.333. The number of carbonyl (C=O) groups is 2. The van der Waals surface area contributed by atoms with E-state index in [-0.39, 0.29) is 17.4 Å². The molecule has 0 spiro atoms. The third-order valence-corrected chi connectivity index (χ3v) is 7.49. The molecule has 212 valence electrons. The van der Waals surface area contributed by atoms with Crippen molar-refractivity contribution in [3.8, 4) is 5.69 Å². The van der Waals surface area contributed by atoms with Crippen LogP contribution in [-0.2, 0) is 11.8 Å². The summed E-state index contributed by atoms with van der Waals surface area (Å²) in [6, 6.07) is 23.1. The maximum Gasteiger partial charge on any atom is 0.324 e. The number of pyridine rings is 1. The largest absolute Gasteiger partial charge is 0.337 e. The van der Waals surface area contributed by atoms with Gasteiger partial charge in [0.25, 0.3) is 5.91 Å². The van der Waals surface area contributed by atoms with Crippen molar-refractivity contribution in [3.63, 3.8) is 0 Å². The highest BCUT2D eigenvalue weighted by molar-refractivity contribution is 5.99. The number of likely N-dealkylation sites (tertiary alicyclic amines) is 1. The quantitative estimate of drug-likeness (QED) is 0.282. The lowest BCUT2D eigenvalue weighted by molar-refractivity contribution is 0.0684. The van der Waals surface area contributed by atoms with Crippen LogP contribution in [0.5, 0.6) is 0 Å². The smallest absolute Gasteiger partial charge is 0.324 e. The number of aryl methyl sites for hydroxylation is 1. The van der Waals surface area contributed by atoms with Crippen molar-refractivity contribution in [1.82, 2.24) is 19.7 Å². The third kappa shape index (κ3) is 7.01. The normalized spacial score (nSPS) is 14.1. The van der Waals surface area contributed by atoms with Crippen molar-refractivity contribution < 1.29 is 9.59 Å². The van der Waals surface area contributed by atoms with Gasteiger partial charge in [-0.25, -0.2) is 9.48 Å². The molecule has 1 saturated heterocycles. The Morgan fingerprint density at radius 2 is 1.68 bits per heavy atom. The molecule has 8 heteroatoms. The molecule has 0 atom stereocenters. The molecular formula is C33H38N6O2. The molecule has 41 heavy (non-hydrogen) atoms. The summed E-state index contributed by atoms with van der Waals surface area (Å²) >= 11 is 0. The van der Waals surface area contributed by atoms with Crippen LogP contribution in [0.2, 0.25) is 0 Å². The lowest BCUT2D eigenvalue weighted by Gasteiger charge is -2.32. The fourth-order valence-electron chi connectivity index (χ4n) is 5.10. The van der Waals surface area contributed by atoms with E-state index >= 15 is 0 Å². The second-order valence-electron chi connectivity index (χ2n) is 11.8. The molecule has 0 saturated carbocycles. The van der Waals surface area contributed by atoms with E-state index in [4.69, 9.17) is 5.10 Å². The Bertz CT molecular complexity index is 1500. The van der Waals surface area contributed by atoms with Crippen LogP contribution in [0.3, 0.4) is 0 Å². The van der Waals surface area contributed by atoms with E-state index in [0.717, 1.165) is 60.5 Å². The van der Waals surface area contributed by atoms with Crippen molar-refractivity contribution in [2.75, 3.05) is 23.7 Å². The first-order chi connectivity index (χ1) is 19.7. The Morgan fingerprint density at radius 1 is 0.927 bits per heavy atom. The molecule has 1 aliphatic rings. The average molecular weight is 551 g/mol. The summed E-state index contributed by atoms with van der Waals surface area (Å²) < 4.78 is 1.78. The number of benzene rings is 2. The van der Waals surface area contributed by atoms with Crippen LogP contribution in [-0.4, -0.2) is 44.7 Å². The van der Waals surface area contributed by atoms with Crippen LogP contribution in [0.15, 0.2) is 79.0 Å². The van der Waals surface area contributed by atoms with Gasteiger partial charge in [0.1, 0.15) is 11.5 Å². The van der Waals surface area contributed by atoms with Gasteiger partial charge in [-0.1, -0.05) is 56.7 Å². The standard InChI is InChI=1S/C33H38N6O2/c1-23-11-13-27(14-12-23)39-30(22-29(37-39)33(2,3)4)36-32(41)35-26-9-7-8-25(21-26)20-24-15-18-38(19-16-24)31(40)28-10-5-6-17-34-28/h5-14,17,21-22,24H,15-16,18-20H2,1-4H3,(H2,35,36,41). The van der Waals surface area contributed by atoms with Gasteiger partial charge in [0.05, 0.1) is 11.4 Å². The molecule has 0 unspecified atom stereocenters. The third-order valence-electron chi connectivity index (χ3n) is 7.49. The highest BCUT2D eigenvalue weighted by Crippen LogP contribution is 2.27. The molecule has 3 amide bonds. The summed E-state index contributed by atoms with van der Waals surface area (Å²) in [6.07, 6.45) is 4.44. The Kier molecular flexibility index (Phi) is 8.19. The minimum atomic E-state index is -0.322. The van der Waals surface area contributed by atoms with Gasteiger partial charge in [0.15, 0.2) is 0 Å². The van der Waals surface area contributed by atoms with Crippen molar-refractivity contribution in [3.05, 3.63) is 102 Å². The molecule has 2 aromatic carbocycles. The van der Waals surface area contributed by atoms with Crippen molar-refractivity contribution >= 4 is 23.4 Å². The number of urea groups is 1. The predicted molar refractivity (Wildman–Crippen MR) is 163 cm³/mol. The SMILES string of the molecule is Cc1ccc(-n2nc(C(C)(C)C)cc2NC(=O)Nc2cccc(CC3CCN(C(=O)c4ccccn4)CC3)c2)cc1. The second kappa shape index (κ2) is 12.0. The summed E-state index contributed by atoms with van der Waals surface area (Å²) in [5, 5.41) is 10.8. The van der Waals surface area contributed by atoms with E-state index in [1.54, 1.807) is 16.9 Å². The van der Waals surface area contributed by atoms with Crippen LogP contribution >= 0.6 is 0 Å².